The lowest BCUT2D eigenvalue weighted by Crippen LogP contribution is -2.39. The summed E-state index contributed by atoms with van der Waals surface area (Å²) in [6, 6.07) is 3.93. The van der Waals surface area contributed by atoms with Gasteiger partial charge in [0.1, 0.15) is 0 Å². The number of carboxylic acids is 1. The van der Waals surface area contributed by atoms with Gasteiger partial charge in [0.2, 0.25) is 10.0 Å². The number of benzene rings is 1. The molecule has 0 aromatic heterocycles. The van der Waals surface area contributed by atoms with Crippen molar-refractivity contribution in [2.24, 2.45) is 5.41 Å². The van der Waals surface area contributed by atoms with Gasteiger partial charge in [-0.15, -0.1) is 0 Å². The van der Waals surface area contributed by atoms with Gasteiger partial charge in [-0.25, -0.2) is 25.3 Å². The first kappa shape index (κ1) is 22.8. The molecule has 29 heavy (non-hydrogen) atoms. The molecule has 1 aliphatic heterocycles. The molecule has 1 aromatic rings. The van der Waals surface area contributed by atoms with Crippen LogP contribution in [0, 0.1) is 5.41 Å². The molecule has 2 amide bonds. The van der Waals surface area contributed by atoms with E-state index >= 15 is 0 Å². The summed E-state index contributed by atoms with van der Waals surface area (Å²) in [5.41, 5.74) is -1.43. The highest BCUT2D eigenvalue weighted by Crippen LogP contribution is 2.35. The van der Waals surface area contributed by atoms with E-state index in [1.165, 1.54) is 18.2 Å². The number of anilines is 1. The lowest BCUT2D eigenvalue weighted by Gasteiger charge is -2.27. The van der Waals surface area contributed by atoms with E-state index in [2.05, 4.69) is 4.18 Å². The van der Waals surface area contributed by atoms with Crippen LogP contribution in [0.25, 0.3) is 0 Å². The van der Waals surface area contributed by atoms with Gasteiger partial charge < -0.3 is 5.11 Å². The van der Waals surface area contributed by atoms with Gasteiger partial charge in [0.25, 0.3) is 22.8 Å². The number of sulfonamides is 1. The highest BCUT2D eigenvalue weighted by Gasteiger charge is 2.42. The van der Waals surface area contributed by atoms with Crippen LogP contribution in [0.3, 0.4) is 0 Å². The van der Waals surface area contributed by atoms with Gasteiger partial charge in [-0.1, -0.05) is 19.9 Å². The average molecular weight is 448 g/mol. The summed E-state index contributed by atoms with van der Waals surface area (Å²) in [6.07, 6.45) is 0.496. The van der Waals surface area contributed by atoms with Crippen molar-refractivity contribution in [3.63, 3.8) is 0 Å². The number of carboxylic acid groups (broad SMARTS) is 1. The zero-order chi connectivity index (χ0) is 22.1. The molecule has 1 aliphatic rings. The van der Waals surface area contributed by atoms with Crippen molar-refractivity contribution in [2.75, 3.05) is 23.8 Å². The number of amides is 2. The standard InChI is InChI=1S/C16H20N2O9S2/c1-16(2,7-12(19)20)8-17-14(21)10-5-4-6-11(13(10)15(17)22)18(29(3,25)26)9-27-28(23)24/h4-6,28H,7-9H2,1-3H3,(H,19,20). The number of aliphatic carboxylic acids is 1. The molecule has 0 spiro atoms. The summed E-state index contributed by atoms with van der Waals surface area (Å²) < 4.78 is 50.7. The minimum Gasteiger partial charge on any atom is -0.481 e. The van der Waals surface area contributed by atoms with Crippen molar-refractivity contribution < 1.29 is 40.5 Å². The van der Waals surface area contributed by atoms with Gasteiger partial charge in [-0.2, -0.15) is 0 Å². The fourth-order valence-electron chi connectivity index (χ4n) is 3.00. The number of imide groups is 1. The Hall–Kier alpha value is -2.51. The Balaban J connectivity index is 2.49. The van der Waals surface area contributed by atoms with E-state index in [0.29, 0.717) is 4.31 Å². The zero-order valence-corrected chi connectivity index (χ0v) is 17.5. The molecule has 0 radical (unpaired) electrons. The molecule has 13 heteroatoms. The number of rotatable bonds is 9. The third kappa shape index (κ3) is 5.10. The fraction of sp³-hybridized carbons (Fsp3) is 0.438. The minimum absolute atomic E-state index is 0.0706. The number of fused-ring (bicyclic) bond motifs is 1. The van der Waals surface area contributed by atoms with E-state index in [0.717, 1.165) is 11.2 Å². The summed E-state index contributed by atoms with van der Waals surface area (Å²) in [7, 11) is -7.42. The largest absolute Gasteiger partial charge is 0.481 e. The molecule has 0 fully saturated rings. The van der Waals surface area contributed by atoms with Crippen LogP contribution < -0.4 is 4.31 Å². The first-order valence-corrected chi connectivity index (χ1v) is 11.1. The maximum atomic E-state index is 12.9. The van der Waals surface area contributed by atoms with Gasteiger partial charge in [0.05, 0.1) is 29.5 Å². The Kier molecular flexibility index (Phi) is 6.35. The van der Waals surface area contributed by atoms with Crippen LogP contribution in [0.5, 0.6) is 0 Å². The van der Waals surface area contributed by atoms with E-state index < -0.39 is 50.9 Å². The number of hydrogen-bond donors (Lipinski definition) is 2. The summed E-state index contributed by atoms with van der Waals surface area (Å²) in [5, 5.41) is 9.01. The maximum Gasteiger partial charge on any atom is 0.303 e. The lowest BCUT2D eigenvalue weighted by atomic mass is 9.89. The molecule has 160 valence electrons. The summed E-state index contributed by atoms with van der Waals surface area (Å²) >= 11 is 0. The van der Waals surface area contributed by atoms with E-state index in [1.807, 2.05) is 0 Å². The second kappa shape index (κ2) is 8.08. The van der Waals surface area contributed by atoms with Crippen molar-refractivity contribution in [3.8, 4) is 0 Å². The van der Waals surface area contributed by atoms with Crippen LogP contribution in [-0.4, -0.2) is 64.2 Å². The van der Waals surface area contributed by atoms with E-state index in [1.54, 1.807) is 13.8 Å². The maximum absolute atomic E-state index is 12.9. The average Bonchev–Trinajstić information content (AvgIpc) is 2.77. The number of carbonyl (C=O) groups excluding carboxylic acids is 2. The van der Waals surface area contributed by atoms with E-state index in [4.69, 9.17) is 5.11 Å². The second-order valence-corrected chi connectivity index (χ2v) is 9.84. The third-order valence-electron chi connectivity index (χ3n) is 4.14. The van der Waals surface area contributed by atoms with Crippen molar-refractivity contribution in [1.82, 2.24) is 4.90 Å². The normalized spacial score (nSPS) is 14.4. The highest BCUT2D eigenvalue weighted by molar-refractivity contribution is 7.92. The van der Waals surface area contributed by atoms with Gasteiger partial charge >= 0.3 is 5.97 Å². The second-order valence-electron chi connectivity index (χ2n) is 7.22. The third-order valence-corrected chi connectivity index (χ3v) is 5.57. The molecule has 0 saturated heterocycles. The number of nitrogens with zero attached hydrogens (tertiary/aromatic N) is 2. The Morgan fingerprint density at radius 3 is 2.38 bits per heavy atom. The van der Waals surface area contributed by atoms with Crippen LogP contribution in [0.2, 0.25) is 0 Å². The van der Waals surface area contributed by atoms with Gasteiger partial charge in [-0.3, -0.25) is 19.3 Å². The van der Waals surface area contributed by atoms with Crippen molar-refractivity contribution in [2.45, 2.75) is 20.3 Å². The minimum atomic E-state index is -4.06. The van der Waals surface area contributed by atoms with E-state index in [9.17, 15) is 31.2 Å². The van der Waals surface area contributed by atoms with Crippen LogP contribution in [0.4, 0.5) is 5.69 Å². The highest BCUT2D eigenvalue weighted by atomic mass is 32.2. The quantitative estimate of drug-likeness (QED) is 0.303. The Morgan fingerprint density at radius 2 is 1.86 bits per heavy atom. The SMILES string of the molecule is CC(C)(CC(=O)O)CN1C(=O)c2cccc(N(CO[SH](=O)=O)S(C)(=O)=O)c2C1=O. The molecule has 11 nitrogen and oxygen atoms in total. The summed E-state index contributed by atoms with van der Waals surface area (Å²) in [5.74, 6) is -2.60. The van der Waals surface area contributed by atoms with Gasteiger partial charge in [0, 0.05) is 6.54 Å². The summed E-state index contributed by atoms with van der Waals surface area (Å²) in [4.78, 5) is 37.5. The van der Waals surface area contributed by atoms with Crippen LogP contribution in [0.1, 0.15) is 41.0 Å². The number of hydrogen-bond acceptors (Lipinski definition) is 8. The molecule has 0 bridgehead atoms. The van der Waals surface area contributed by atoms with Crippen LogP contribution in [0.15, 0.2) is 18.2 Å². The first-order chi connectivity index (χ1) is 13.2. The number of thiol groups is 1. The molecule has 1 heterocycles. The molecule has 0 saturated carbocycles. The molecule has 1 aromatic carbocycles. The predicted octanol–water partition coefficient (Wildman–Crippen LogP) is 0.0500. The molecule has 1 N–H and O–H groups in total. The Morgan fingerprint density at radius 1 is 1.24 bits per heavy atom. The van der Waals surface area contributed by atoms with E-state index in [-0.39, 0.29) is 29.8 Å². The topological polar surface area (TPSA) is 155 Å². The molecule has 0 aliphatic carbocycles. The predicted molar refractivity (Wildman–Crippen MR) is 101 cm³/mol. The molecule has 0 atom stereocenters. The zero-order valence-electron chi connectivity index (χ0n) is 15.8. The Bertz CT molecular complexity index is 1040. The first-order valence-electron chi connectivity index (χ1n) is 8.20. The molecule has 2 rings (SSSR count). The smallest absolute Gasteiger partial charge is 0.303 e. The van der Waals surface area contributed by atoms with Crippen LogP contribution in [-0.2, 0) is 30.0 Å². The lowest BCUT2D eigenvalue weighted by molar-refractivity contribution is -0.139. The molecular formula is C16H20N2O9S2. The van der Waals surface area contributed by atoms with Gasteiger partial charge in [-0.05, 0) is 17.5 Å². The molecule has 0 unspecified atom stereocenters. The van der Waals surface area contributed by atoms with Gasteiger partial charge in [0.15, 0.2) is 6.73 Å². The van der Waals surface area contributed by atoms with Crippen LogP contribution >= 0.6 is 0 Å². The van der Waals surface area contributed by atoms with Crippen molar-refractivity contribution in [3.05, 3.63) is 29.3 Å². The monoisotopic (exact) mass is 448 g/mol. The number of carbonyl (C=O) groups is 3. The summed E-state index contributed by atoms with van der Waals surface area (Å²) in [6.45, 7) is 2.05. The Labute approximate surface area is 169 Å². The fourth-order valence-corrected chi connectivity index (χ4v) is 4.05. The van der Waals surface area contributed by atoms with Crippen molar-refractivity contribution in [1.29, 1.82) is 0 Å². The molecular weight excluding hydrogens is 428 g/mol. The van der Waals surface area contributed by atoms with Crippen molar-refractivity contribution >= 4 is 44.5 Å².